The van der Waals surface area contributed by atoms with E-state index in [1.54, 1.807) is 35.1 Å². The zero-order valence-electron chi connectivity index (χ0n) is 15.3. The molecule has 0 bridgehead atoms. The highest BCUT2D eigenvalue weighted by molar-refractivity contribution is 7.99. The Labute approximate surface area is 165 Å². The predicted molar refractivity (Wildman–Crippen MR) is 108 cm³/mol. The molecule has 0 saturated heterocycles. The van der Waals surface area contributed by atoms with Crippen LogP contribution in [0.3, 0.4) is 0 Å². The normalized spacial score (nSPS) is 14.6. The van der Waals surface area contributed by atoms with Gasteiger partial charge >= 0.3 is 0 Å². The number of aromatic nitrogens is 2. The van der Waals surface area contributed by atoms with E-state index in [9.17, 15) is 9.18 Å². The molecule has 1 aromatic carbocycles. The number of thiophene rings is 1. The Morgan fingerprint density at radius 2 is 2.11 bits per heavy atom. The lowest BCUT2D eigenvalue weighted by atomic mass is 10.2. The van der Waals surface area contributed by atoms with E-state index in [1.165, 1.54) is 34.3 Å². The molecule has 7 heteroatoms. The van der Waals surface area contributed by atoms with Crippen molar-refractivity contribution in [3.8, 4) is 0 Å². The molecule has 142 valence electrons. The molecule has 27 heavy (non-hydrogen) atoms. The number of aryl methyl sites for hydroxylation is 2. The molecule has 0 radical (unpaired) electrons. The summed E-state index contributed by atoms with van der Waals surface area (Å²) < 4.78 is 20.2. The molecule has 3 aromatic rings. The molecule has 0 amide bonds. The molecule has 0 unspecified atom stereocenters. The fourth-order valence-electron chi connectivity index (χ4n) is 3.49. The monoisotopic (exact) mass is 404 g/mol. The van der Waals surface area contributed by atoms with Crippen LogP contribution in [0.5, 0.6) is 0 Å². The Morgan fingerprint density at radius 1 is 1.33 bits per heavy atom. The molecule has 0 spiro atoms. The Hall–Kier alpha value is -1.70. The fraction of sp³-hybridized carbons (Fsp3) is 0.400. The van der Waals surface area contributed by atoms with Gasteiger partial charge < -0.3 is 4.74 Å². The molecule has 0 aliphatic heterocycles. The predicted octanol–water partition coefficient (Wildman–Crippen LogP) is 4.59. The van der Waals surface area contributed by atoms with Gasteiger partial charge in [0.1, 0.15) is 10.6 Å². The van der Waals surface area contributed by atoms with Gasteiger partial charge in [0.2, 0.25) is 0 Å². The number of halogens is 1. The highest BCUT2D eigenvalue weighted by atomic mass is 32.2. The fourth-order valence-corrected chi connectivity index (χ4v) is 5.85. The van der Waals surface area contributed by atoms with Crippen molar-refractivity contribution in [2.45, 2.75) is 43.1 Å². The second-order valence-corrected chi connectivity index (χ2v) is 9.08. The summed E-state index contributed by atoms with van der Waals surface area (Å²) in [6.07, 6.45) is 3.13. The van der Waals surface area contributed by atoms with Crippen LogP contribution in [0.1, 0.15) is 34.6 Å². The van der Waals surface area contributed by atoms with E-state index in [0.717, 1.165) is 35.0 Å². The third kappa shape index (κ3) is 3.56. The van der Waals surface area contributed by atoms with E-state index in [2.05, 4.69) is 0 Å². The summed E-state index contributed by atoms with van der Waals surface area (Å²) in [4.78, 5) is 20.2. The van der Waals surface area contributed by atoms with Gasteiger partial charge in [-0.3, -0.25) is 9.36 Å². The quantitative estimate of drug-likeness (QED) is 0.445. The van der Waals surface area contributed by atoms with Gasteiger partial charge in [-0.15, -0.1) is 11.3 Å². The smallest absolute Gasteiger partial charge is 0.263 e. The van der Waals surface area contributed by atoms with Crippen LogP contribution in [-0.4, -0.2) is 23.3 Å². The van der Waals surface area contributed by atoms with Crippen molar-refractivity contribution in [2.24, 2.45) is 0 Å². The molecular formula is C20H21FN2O2S2. The topological polar surface area (TPSA) is 44.1 Å². The summed E-state index contributed by atoms with van der Waals surface area (Å²) in [5.74, 6) is -0.249. The van der Waals surface area contributed by atoms with Gasteiger partial charge in [-0.25, -0.2) is 9.37 Å². The lowest BCUT2D eigenvalue weighted by Crippen LogP contribution is -2.25. The maximum absolute atomic E-state index is 13.2. The van der Waals surface area contributed by atoms with Crippen LogP contribution in [0.4, 0.5) is 4.39 Å². The van der Waals surface area contributed by atoms with Gasteiger partial charge in [-0.2, -0.15) is 0 Å². The Bertz CT molecular complexity index is 1030. The van der Waals surface area contributed by atoms with E-state index in [1.807, 2.05) is 6.92 Å². The standard InChI is InChI=1S/C20H21FN2O2S2/c1-12(13-6-8-14(21)9-7-13)26-20-22-18-17(15-4-3-5-16(15)27-18)19(24)23(20)10-11-25-2/h6-9,12H,3-5,10-11H2,1-2H3/t12-/m1/s1. The molecular weight excluding hydrogens is 383 g/mol. The number of hydrogen-bond donors (Lipinski definition) is 0. The molecule has 1 atom stereocenters. The summed E-state index contributed by atoms with van der Waals surface area (Å²) in [7, 11) is 1.63. The first kappa shape index (κ1) is 18.7. The van der Waals surface area contributed by atoms with Crippen LogP contribution in [0.2, 0.25) is 0 Å². The van der Waals surface area contributed by atoms with Gasteiger partial charge in [-0.1, -0.05) is 23.9 Å². The van der Waals surface area contributed by atoms with Gasteiger partial charge in [0.15, 0.2) is 5.16 Å². The highest BCUT2D eigenvalue weighted by Gasteiger charge is 2.24. The molecule has 1 aliphatic carbocycles. The van der Waals surface area contributed by atoms with E-state index in [0.29, 0.717) is 18.3 Å². The number of nitrogens with zero attached hydrogens (tertiary/aromatic N) is 2. The minimum absolute atomic E-state index is 0.0326. The number of benzene rings is 1. The second-order valence-electron chi connectivity index (χ2n) is 6.69. The van der Waals surface area contributed by atoms with Crippen molar-refractivity contribution in [1.29, 1.82) is 0 Å². The average Bonchev–Trinajstić information content (AvgIpc) is 3.22. The molecule has 0 saturated carbocycles. The SMILES string of the molecule is COCCn1c(S[C@H](C)c2ccc(F)cc2)nc2sc3c(c2c1=O)CCC3. The van der Waals surface area contributed by atoms with Crippen molar-refractivity contribution < 1.29 is 9.13 Å². The van der Waals surface area contributed by atoms with Crippen LogP contribution in [0, 0.1) is 5.82 Å². The molecule has 4 nitrogen and oxygen atoms in total. The van der Waals surface area contributed by atoms with E-state index < -0.39 is 0 Å². The molecule has 0 N–H and O–H groups in total. The number of methoxy groups -OCH3 is 1. The van der Waals surface area contributed by atoms with Gasteiger partial charge in [0, 0.05) is 17.2 Å². The molecule has 0 fully saturated rings. The van der Waals surface area contributed by atoms with E-state index in [4.69, 9.17) is 9.72 Å². The largest absolute Gasteiger partial charge is 0.383 e. The van der Waals surface area contributed by atoms with Crippen LogP contribution >= 0.6 is 23.1 Å². The molecule has 1 aliphatic rings. The summed E-state index contributed by atoms with van der Waals surface area (Å²) in [5.41, 5.74) is 2.23. The second kappa shape index (κ2) is 7.73. The Morgan fingerprint density at radius 3 is 2.85 bits per heavy atom. The first-order valence-electron chi connectivity index (χ1n) is 9.04. The lowest BCUT2D eigenvalue weighted by Gasteiger charge is -2.16. The third-order valence-corrected chi connectivity index (χ3v) is 7.26. The first-order chi connectivity index (χ1) is 13.1. The van der Waals surface area contributed by atoms with Crippen molar-refractivity contribution in [2.75, 3.05) is 13.7 Å². The van der Waals surface area contributed by atoms with Crippen molar-refractivity contribution in [1.82, 2.24) is 9.55 Å². The number of hydrogen-bond acceptors (Lipinski definition) is 5. The summed E-state index contributed by atoms with van der Waals surface area (Å²) in [6, 6.07) is 6.49. The van der Waals surface area contributed by atoms with Crippen LogP contribution in [0.15, 0.2) is 34.2 Å². The Balaban J connectivity index is 1.76. The van der Waals surface area contributed by atoms with Crippen molar-refractivity contribution >= 4 is 33.3 Å². The lowest BCUT2D eigenvalue weighted by molar-refractivity contribution is 0.183. The third-order valence-electron chi connectivity index (χ3n) is 4.93. The van der Waals surface area contributed by atoms with Gasteiger partial charge in [-0.05, 0) is 49.4 Å². The number of thioether (sulfide) groups is 1. The van der Waals surface area contributed by atoms with E-state index in [-0.39, 0.29) is 16.6 Å². The average molecular weight is 405 g/mol. The van der Waals surface area contributed by atoms with E-state index >= 15 is 0 Å². The van der Waals surface area contributed by atoms with Crippen LogP contribution in [0.25, 0.3) is 10.2 Å². The summed E-state index contributed by atoms with van der Waals surface area (Å²) >= 11 is 3.18. The number of rotatable bonds is 6. The van der Waals surface area contributed by atoms with Crippen LogP contribution in [-0.2, 0) is 24.1 Å². The zero-order chi connectivity index (χ0) is 19.0. The summed E-state index contributed by atoms with van der Waals surface area (Å²) in [6.45, 7) is 2.97. The molecule has 4 rings (SSSR count). The number of fused-ring (bicyclic) bond motifs is 3. The minimum atomic E-state index is -0.249. The maximum atomic E-state index is 13.2. The van der Waals surface area contributed by atoms with Gasteiger partial charge in [0.25, 0.3) is 5.56 Å². The minimum Gasteiger partial charge on any atom is -0.383 e. The van der Waals surface area contributed by atoms with Crippen molar-refractivity contribution in [3.05, 3.63) is 56.4 Å². The molecule has 2 aromatic heterocycles. The highest BCUT2D eigenvalue weighted by Crippen LogP contribution is 2.38. The number of ether oxygens (including phenoxy) is 1. The maximum Gasteiger partial charge on any atom is 0.263 e. The van der Waals surface area contributed by atoms with Crippen LogP contribution < -0.4 is 5.56 Å². The molecule has 2 heterocycles. The first-order valence-corrected chi connectivity index (χ1v) is 10.7. The van der Waals surface area contributed by atoms with Gasteiger partial charge in [0.05, 0.1) is 18.5 Å². The summed E-state index contributed by atoms with van der Waals surface area (Å²) in [5, 5.41) is 1.54. The Kier molecular flexibility index (Phi) is 5.34. The van der Waals surface area contributed by atoms with Crippen molar-refractivity contribution in [3.63, 3.8) is 0 Å². The zero-order valence-corrected chi connectivity index (χ0v) is 17.0.